The Kier molecular flexibility index (Phi) is 6.06. The minimum absolute atomic E-state index is 0.736. The summed E-state index contributed by atoms with van der Waals surface area (Å²) in [5, 5.41) is 0. The Morgan fingerprint density at radius 3 is 2.00 bits per heavy atom. The molecule has 2 bridgehead atoms. The summed E-state index contributed by atoms with van der Waals surface area (Å²) in [6.07, 6.45) is 14.7. The molecule has 0 heterocycles. The lowest BCUT2D eigenvalue weighted by atomic mass is 9.69. The Hall–Kier alpha value is -0.260. The molecular weight excluding hydrogens is 300 g/mol. The molecule has 4 rings (SSSR count). The van der Waals surface area contributed by atoms with Gasteiger partial charge in [-0.05, 0) is 85.9 Å². The predicted octanol–water partition coefficient (Wildman–Crippen LogP) is 7.88. The van der Waals surface area contributed by atoms with Crippen molar-refractivity contribution in [2.45, 2.75) is 98.8 Å². The van der Waals surface area contributed by atoms with Gasteiger partial charge in [0.15, 0.2) is 0 Å². The van der Waals surface area contributed by atoms with Gasteiger partial charge in [-0.15, -0.1) is 0 Å². The van der Waals surface area contributed by atoms with Gasteiger partial charge in [-0.2, -0.15) is 0 Å². The lowest BCUT2D eigenvalue weighted by Gasteiger charge is -2.36. The first kappa shape index (κ1) is 19.5. The van der Waals surface area contributed by atoms with Gasteiger partial charge in [0.2, 0.25) is 0 Å². The summed E-state index contributed by atoms with van der Waals surface area (Å²) >= 11 is 0. The van der Waals surface area contributed by atoms with E-state index in [1.807, 2.05) is 0 Å². The second-order valence-corrected chi connectivity index (χ2v) is 10.4. The summed E-state index contributed by atoms with van der Waals surface area (Å²) in [6.45, 7) is 16.1. The van der Waals surface area contributed by atoms with Crippen molar-refractivity contribution in [2.24, 2.45) is 46.8 Å². The molecule has 4 fully saturated rings. The molecule has 25 heavy (non-hydrogen) atoms. The van der Waals surface area contributed by atoms with Gasteiger partial charge >= 0.3 is 0 Å². The molecule has 0 heteroatoms. The summed E-state index contributed by atoms with van der Waals surface area (Å²) in [5.41, 5.74) is 2.21. The Morgan fingerprint density at radius 2 is 1.52 bits per heavy atom. The lowest BCUT2D eigenvalue weighted by molar-refractivity contribution is 0.149. The zero-order valence-electron chi connectivity index (χ0n) is 17.8. The number of allylic oxidation sites excluding steroid dienone is 1. The van der Waals surface area contributed by atoms with Crippen LogP contribution in [0.5, 0.6) is 0 Å². The molecule has 0 aromatic rings. The number of rotatable bonds is 4. The molecule has 4 saturated carbocycles. The van der Waals surface area contributed by atoms with E-state index in [0.717, 1.165) is 46.8 Å². The first-order valence-electron chi connectivity index (χ1n) is 11.6. The number of hydrogen-bond donors (Lipinski definition) is 0. The van der Waals surface area contributed by atoms with Crippen LogP contribution in [0.4, 0.5) is 0 Å². The van der Waals surface area contributed by atoms with Crippen molar-refractivity contribution >= 4 is 0 Å². The van der Waals surface area contributed by atoms with Crippen molar-refractivity contribution in [3.63, 3.8) is 0 Å². The van der Waals surface area contributed by atoms with Gasteiger partial charge in [0.1, 0.15) is 0 Å². The maximum absolute atomic E-state index is 4.26. The van der Waals surface area contributed by atoms with Crippen LogP contribution >= 0.6 is 0 Å². The Balaban J connectivity index is 0.000000192. The Morgan fingerprint density at radius 1 is 0.920 bits per heavy atom. The first-order valence-corrected chi connectivity index (χ1v) is 11.6. The van der Waals surface area contributed by atoms with Gasteiger partial charge in [-0.3, -0.25) is 0 Å². The van der Waals surface area contributed by atoms with Crippen LogP contribution < -0.4 is 0 Å². The molecule has 4 aliphatic carbocycles. The second kappa shape index (κ2) is 7.77. The third-order valence-corrected chi connectivity index (χ3v) is 9.17. The molecule has 7 atom stereocenters. The number of hydrogen-bond acceptors (Lipinski definition) is 0. The van der Waals surface area contributed by atoms with Crippen molar-refractivity contribution in [3.05, 3.63) is 12.2 Å². The van der Waals surface area contributed by atoms with Crippen molar-refractivity contribution < 1.29 is 0 Å². The molecule has 0 aliphatic heterocycles. The lowest BCUT2D eigenvalue weighted by Crippen LogP contribution is -2.30. The van der Waals surface area contributed by atoms with Crippen molar-refractivity contribution in [1.29, 1.82) is 0 Å². The maximum atomic E-state index is 4.26. The SMILES string of the molecule is C=C(C)C1CC2CC1C1C(CC)CC(CC)C21.CCC1(C)CCCC1. The summed E-state index contributed by atoms with van der Waals surface area (Å²) in [7, 11) is 0. The topological polar surface area (TPSA) is 0 Å². The highest BCUT2D eigenvalue weighted by Crippen LogP contribution is 2.66. The first-order chi connectivity index (χ1) is 11.9. The van der Waals surface area contributed by atoms with Gasteiger partial charge in [0.05, 0.1) is 0 Å². The van der Waals surface area contributed by atoms with E-state index >= 15 is 0 Å². The van der Waals surface area contributed by atoms with Gasteiger partial charge in [0, 0.05) is 0 Å². The van der Waals surface area contributed by atoms with Crippen LogP contribution in [-0.4, -0.2) is 0 Å². The molecule has 4 aliphatic rings. The largest absolute Gasteiger partial charge is 0.0999 e. The molecular formula is C25H44. The molecule has 0 nitrogen and oxygen atoms in total. The van der Waals surface area contributed by atoms with E-state index < -0.39 is 0 Å². The normalized spacial score (nSPS) is 43.6. The van der Waals surface area contributed by atoms with Crippen LogP contribution in [0.1, 0.15) is 98.8 Å². The van der Waals surface area contributed by atoms with E-state index in [2.05, 4.69) is 41.2 Å². The average molecular weight is 345 g/mol. The van der Waals surface area contributed by atoms with Crippen LogP contribution in [-0.2, 0) is 0 Å². The fraction of sp³-hybridized carbons (Fsp3) is 0.920. The van der Waals surface area contributed by atoms with Gasteiger partial charge in [-0.1, -0.05) is 72.0 Å². The van der Waals surface area contributed by atoms with Gasteiger partial charge in [-0.25, -0.2) is 0 Å². The molecule has 0 saturated heterocycles. The van der Waals surface area contributed by atoms with E-state index in [-0.39, 0.29) is 0 Å². The van der Waals surface area contributed by atoms with E-state index in [1.165, 1.54) is 63.4 Å². The zero-order valence-corrected chi connectivity index (χ0v) is 17.8. The minimum atomic E-state index is 0.736. The van der Waals surface area contributed by atoms with Crippen LogP contribution in [0, 0.1) is 46.8 Å². The molecule has 7 unspecified atom stereocenters. The predicted molar refractivity (Wildman–Crippen MR) is 111 cm³/mol. The highest BCUT2D eigenvalue weighted by atomic mass is 14.6. The summed E-state index contributed by atoms with van der Waals surface area (Å²) in [6, 6.07) is 0. The van der Waals surface area contributed by atoms with Crippen LogP contribution in [0.25, 0.3) is 0 Å². The quantitative estimate of drug-likeness (QED) is 0.455. The average Bonchev–Trinajstić information content (AvgIpc) is 3.36. The maximum Gasteiger partial charge on any atom is -0.0175 e. The monoisotopic (exact) mass is 344 g/mol. The second-order valence-electron chi connectivity index (χ2n) is 10.4. The van der Waals surface area contributed by atoms with Crippen molar-refractivity contribution in [1.82, 2.24) is 0 Å². The van der Waals surface area contributed by atoms with Crippen LogP contribution in [0.15, 0.2) is 12.2 Å². The van der Waals surface area contributed by atoms with E-state index in [1.54, 1.807) is 6.42 Å². The van der Waals surface area contributed by atoms with E-state index in [4.69, 9.17) is 0 Å². The highest BCUT2D eigenvalue weighted by Gasteiger charge is 2.59. The van der Waals surface area contributed by atoms with Gasteiger partial charge in [0.25, 0.3) is 0 Å². The summed E-state index contributed by atoms with van der Waals surface area (Å²) in [5.74, 6) is 7.24. The standard InChI is InChI=1S/C17H28.C8H16/c1-5-11-7-12(6-2)17-15-9-13(16(11)17)8-14(15)10(3)4;1-3-8(2)6-4-5-7-8/h11-17H,3,5-9H2,1-2,4H3;3-7H2,1-2H3. The fourth-order valence-corrected chi connectivity index (χ4v) is 7.54. The van der Waals surface area contributed by atoms with Crippen molar-refractivity contribution in [2.75, 3.05) is 0 Å². The fourth-order valence-electron chi connectivity index (χ4n) is 7.54. The smallest absolute Gasteiger partial charge is 0.0175 e. The summed E-state index contributed by atoms with van der Waals surface area (Å²) < 4.78 is 0. The third kappa shape index (κ3) is 3.61. The van der Waals surface area contributed by atoms with Crippen molar-refractivity contribution in [3.8, 4) is 0 Å². The zero-order chi connectivity index (χ0) is 18.2. The Labute approximate surface area is 158 Å². The van der Waals surface area contributed by atoms with E-state index in [9.17, 15) is 0 Å². The molecule has 0 aromatic carbocycles. The molecule has 144 valence electrons. The molecule has 0 aromatic heterocycles. The Bertz CT molecular complexity index is 455. The third-order valence-electron chi connectivity index (χ3n) is 9.17. The van der Waals surface area contributed by atoms with Gasteiger partial charge < -0.3 is 0 Å². The molecule has 0 amide bonds. The highest BCUT2D eigenvalue weighted by molar-refractivity contribution is 5.14. The number of fused-ring (bicyclic) bond motifs is 5. The molecule has 0 N–H and O–H groups in total. The summed E-state index contributed by atoms with van der Waals surface area (Å²) in [4.78, 5) is 0. The molecule has 0 spiro atoms. The van der Waals surface area contributed by atoms with E-state index in [0.29, 0.717) is 0 Å². The van der Waals surface area contributed by atoms with Crippen LogP contribution in [0.3, 0.4) is 0 Å². The van der Waals surface area contributed by atoms with Crippen LogP contribution in [0.2, 0.25) is 0 Å². The molecule has 0 radical (unpaired) electrons. The minimum Gasteiger partial charge on any atom is -0.0999 e.